The summed E-state index contributed by atoms with van der Waals surface area (Å²) < 4.78 is 11.1. The first-order valence-electron chi connectivity index (χ1n) is 17.5. The van der Waals surface area contributed by atoms with Crippen LogP contribution in [0, 0.1) is 0 Å². The van der Waals surface area contributed by atoms with E-state index in [-0.39, 0.29) is 0 Å². The van der Waals surface area contributed by atoms with Gasteiger partial charge in [-0.05, 0) is 60.7 Å². The van der Waals surface area contributed by atoms with E-state index in [1.165, 1.54) is 25.6 Å². The Morgan fingerprint density at radius 1 is 0.453 bits per heavy atom. The molecule has 4 heterocycles. The number of para-hydroxylation sites is 2. The zero-order valence-corrected chi connectivity index (χ0v) is 29.0. The summed E-state index contributed by atoms with van der Waals surface area (Å²) in [4.78, 5) is 20.2. The zero-order chi connectivity index (χ0) is 34.9. The summed E-state index contributed by atoms with van der Waals surface area (Å²) in [6.45, 7) is 0. The predicted octanol–water partition coefficient (Wildman–Crippen LogP) is 12.1. The summed E-state index contributed by atoms with van der Waals surface area (Å²) in [5.41, 5.74) is 8.41. The largest absolute Gasteiger partial charge is 0.436 e. The minimum absolute atomic E-state index is 0.553. The van der Waals surface area contributed by atoms with Gasteiger partial charge in [0.05, 0.1) is 11.0 Å². The SMILES string of the molecule is c1ccc(-c2nc(-c3ccc4oc(-c5cccc(-n6c7ccccc7c7ccccc76)c5)nc4c3)nc(-c3cccc4sc5ccccc5c34)n2)cc1. The molecule has 6 nitrogen and oxygen atoms in total. The number of hydrogen-bond donors (Lipinski definition) is 0. The lowest BCUT2D eigenvalue weighted by atomic mass is 10.1. The maximum atomic E-state index is 6.39. The van der Waals surface area contributed by atoms with Crippen molar-refractivity contribution in [3.8, 4) is 51.3 Å². The van der Waals surface area contributed by atoms with Crippen LogP contribution in [0.2, 0.25) is 0 Å². The van der Waals surface area contributed by atoms with Crippen LogP contribution in [-0.4, -0.2) is 24.5 Å². The van der Waals surface area contributed by atoms with E-state index in [1.807, 2.05) is 54.6 Å². The van der Waals surface area contributed by atoms with Crippen molar-refractivity contribution in [3.05, 3.63) is 164 Å². The molecule has 0 fully saturated rings. The number of hydrogen-bond acceptors (Lipinski definition) is 6. The molecular formula is C46H27N5OS. The highest BCUT2D eigenvalue weighted by molar-refractivity contribution is 7.25. The van der Waals surface area contributed by atoms with Crippen molar-refractivity contribution >= 4 is 64.4 Å². The van der Waals surface area contributed by atoms with Crippen molar-refractivity contribution in [2.24, 2.45) is 0 Å². The normalized spacial score (nSPS) is 11.8. The van der Waals surface area contributed by atoms with E-state index in [0.29, 0.717) is 28.9 Å². The van der Waals surface area contributed by atoms with Crippen LogP contribution in [0.4, 0.5) is 0 Å². The first-order chi connectivity index (χ1) is 26.2. The number of rotatable bonds is 5. The molecule has 0 radical (unpaired) electrons. The number of aromatic nitrogens is 5. The van der Waals surface area contributed by atoms with Crippen molar-refractivity contribution in [2.45, 2.75) is 0 Å². The monoisotopic (exact) mass is 697 g/mol. The van der Waals surface area contributed by atoms with Crippen LogP contribution in [0.3, 0.4) is 0 Å². The second-order valence-electron chi connectivity index (χ2n) is 13.1. The van der Waals surface area contributed by atoms with Gasteiger partial charge in [-0.1, -0.05) is 103 Å². The fourth-order valence-corrected chi connectivity index (χ4v) is 8.60. The highest BCUT2D eigenvalue weighted by atomic mass is 32.1. The van der Waals surface area contributed by atoms with Gasteiger partial charge in [0.2, 0.25) is 5.89 Å². The standard InChI is InChI=1S/C46H27N5OS/c1-2-12-28(13-3-1)43-48-44(50-45(49-43)35-19-11-23-41-42(35)34-18-6-9-22-40(34)53-41)29-24-25-39-36(27-29)47-46(52-39)30-14-10-15-31(26-30)51-37-20-7-4-16-32(37)33-17-5-8-21-38(33)51/h1-27H. The van der Waals surface area contributed by atoms with Crippen LogP contribution >= 0.6 is 11.3 Å². The van der Waals surface area contributed by atoms with Crippen molar-refractivity contribution in [2.75, 3.05) is 0 Å². The topological polar surface area (TPSA) is 69.6 Å². The lowest BCUT2D eigenvalue weighted by molar-refractivity contribution is 0.620. The second kappa shape index (κ2) is 11.8. The molecule has 0 amide bonds. The predicted molar refractivity (Wildman–Crippen MR) is 216 cm³/mol. The van der Waals surface area contributed by atoms with Crippen molar-refractivity contribution in [1.82, 2.24) is 24.5 Å². The second-order valence-corrected chi connectivity index (χ2v) is 14.2. The number of fused-ring (bicyclic) bond motifs is 7. The molecule has 53 heavy (non-hydrogen) atoms. The Morgan fingerprint density at radius 3 is 1.91 bits per heavy atom. The Labute approximate surface area is 307 Å². The van der Waals surface area contributed by atoms with E-state index in [2.05, 4.69) is 114 Å². The minimum atomic E-state index is 0.553. The molecule has 0 N–H and O–H groups in total. The fraction of sp³-hybridized carbons (Fsp3) is 0. The molecular weight excluding hydrogens is 671 g/mol. The van der Waals surface area contributed by atoms with Gasteiger partial charge in [0, 0.05) is 58.9 Å². The molecule has 7 aromatic carbocycles. The summed E-state index contributed by atoms with van der Waals surface area (Å²) in [6.07, 6.45) is 0. The molecule has 0 aliphatic carbocycles. The molecule has 0 spiro atoms. The Balaban J connectivity index is 1.04. The summed E-state index contributed by atoms with van der Waals surface area (Å²) in [5, 5.41) is 4.80. The van der Waals surface area contributed by atoms with Crippen LogP contribution < -0.4 is 0 Å². The van der Waals surface area contributed by atoms with Crippen molar-refractivity contribution in [1.29, 1.82) is 0 Å². The van der Waals surface area contributed by atoms with Crippen molar-refractivity contribution in [3.63, 3.8) is 0 Å². The van der Waals surface area contributed by atoms with Gasteiger partial charge in [-0.15, -0.1) is 11.3 Å². The molecule has 0 unspecified atom stereocenters. The molecule has 11 aromatic rings. The summed E-state index contributed by atoms with van der Waals surface area (Å²) >= 11 is 1.78. The van der Waals surface area contributed by atoms with Crippen LogP contribution in [0.5, 0.6) is 0 Å². The Bertz CT molecular complexity index is 3140. The van der Waals surface area contributed by atoms with Gasteiger partial charge < -0.3 is 8.98 Å². The van der Waals surface area contributed by atoms with Crippen LogP contribution in [0.15, 0.2) is 168 Å². The first-order valence-corrected chi connectivity index (χ1v) is 18.3. The van der Waals surface area contributed by atoms with Crippen LogP contribution in [-0.2, 0) is 0 Å². The lowest BCUT2D eigenvalue weighted by Gasteiger charge is -2.09. The van der Waals surface area contributed by atoms with Gasteiger partial charge in [0.25, 0.3) is 0 Å². The average Bonchev–Trinajstić information content (AvgIpc) is 3.93. The van der Waals surface area contributed by atoms with Crippen molar-refractivity contribution < 1.29 is 4.42 Å². The number of nitrogens with zero attached hydrogens (tertiary/aromatic N) is 5. The third-order valence-corrected chi connectivity index (χ3v) is 11.0. The third kappa shape index (κ3) is 4.86. The molecule has 0 saturated carbocycles. The van der Waals surface area contributed by atoms with Gasteiger partial charge in [-0.2, -0.15) is 0 Å². The molecule has 248 valence electrons. The Kier molecular flexibility index (Phi) is 6.62. The first kappa shape index (κ1) is 29.7. The van der Waals surface area contributed by atoms with E-state index in [1.54, 1.807) is 11.3 Å². The smallest absolute Gasteiger partial charge is 0.227 e. The maximum absolute atomic E-state index is 6.39. The third-order valence-electron chi connectivity index (χ3n) is 9.89. The van der Waals surface area contributed by atoms with Crippen LogP contribution in [0.1, 0.15) is 0 Å². The Hall–Kier alpha value is -6.96. The van der Waals surface area contributed by atoms with Gasteiger partial charge in [-0.25, -0.2) is 19.9 Å². The molecule has 7 heteroatoms. The highest BCUT2D eigenvalue weighted by Gasteiger charge is 2.19. The molecule has 0 bridgehead atoms. The van der Waals surface area contributed by atoms with E-state index >= 15 is 0 Å². The molecule has 0 aliphatic rings. The highest BCUT2D eigenvalue weighted by Crippen LogP contribution is 2.40. The van der Waals surface area contributed by atoms with Gasteiger partial charge in [0.15, 0.2) is 23.1 Å². The molecule has 0 atom stereocenters. The van der Waals surface area contributed by atoms with Gasteiger partial charge in [0.1, 0.15) is 5.52 Å². The minimum Gasteiger partial charge on any atom is -0.436 e. The van der Waals surface area contributed by atoms with E-state index in [4.69, 9.17) is 24.4 Å². The maximum Gasteiger partial charge on any atom is 0.227 e. The fourth-order valence-electron chi connectivity index (χ4n) is 7.47. The van der Waals surface area contributed by atoms with Crippen LogP contribution in [0.25, 0.3) is 104 Å². The Morgan fingerprint density at radius 2 is 1.09 bits per heavy atom. The molecule has 0 aliphatic heterocycles. The average molecular weight is 698 g/mol. The summed E-state index contributed by atoms with van der Waals surface area (Å²) in [7, 11) is 0. The van der Waals surface area contributed by atoms with Gasteiger partial charge in [-0.3, -0.25) is 0 Å². The number of benzene rings is 7. The quantitative estimate of drug-likeness (QED) is 0.179. The van der Waals surface area contributed by atoms with Gasteiger partial charge >= 0.3 is 0 Å². The lowest BCUT2D eigenvalue weighted by Crippen LogP contribution is -2.00. The summed E-state index contributed by atoms with van der Waals surface area (Å²) in [6, 6.07) is 56.3. The summed E-state index contributed by atoms with van der Waals surface area (Å²) in [5.74, 6) is 2.37. The number of oxazole rings is 1. The molecule has 11 rings (SSSR count). The number of thiophene rings is 1. The van der Waals surface area contributed by atoms with E-state index < -0.39 is 0 Å². The molecule has 4 aromatic heterocycles. The van der Waals surface area contributed by atoms with E-state index in [0.717, 1.165) is 49.9 Å². The molecule has 0 saturated heterocycles. The van der Waals surface area contributed by atoms with E-state index in [9.17, 15) is 0 Å². The zero-order valence-electron chi connectivity index (χ0n) is 28.1.